The van der Waals surface area contributed by atoms with Crippen molar-refractivity contribution in [3.05, 3.63) is 30.3 Å². The Morgan fingerprint density at radius 2 is 1.74 bits per heavy atom. The predicted molar refractivity (Wildman–Crippen MR) is 83.4 cm³/mol. The molecule has 0 atom stereocenters. The number of nitrogen functional groups attached to an aromatic ring is 1. The van der Waals surface area contributed by atoms with E-state index in [4.69, 9.17) is 5.73 Å². The fourth-order valence-electron chi connectivity index (χ4n) is 2.50. The highest BCUT2D eigenvalue weighted by atomic mass is 15.1. The molecule has 3 N–H and O–H groups in total. The van der Waals surface area contributed by atoms with Crippen LogP contribution in [0.2, 0.25) is 0 Å². The van der Waals surface area contributed by atoms with Gasteiger partial charge in [-0.3, -0.25) is 0 Å². The minimum atomic E-state index is 0.147. The number of anilines is 2. The third-order valence-electron chi connectivity index (χ3n) is 4.14. The van der Waals surface area contributed by atoms with E-state index >= 15 is 0 Å². The molecule has 1 aromatic heterocycles. The summed E-state index contributed by atoms with van der Waals surface area (Å²) in [4.78, 5) is 4.68. The molecule has 3 heteroatoms. The van der Waals surface area contributed by atoms with E-state index in [0.29, 0.717) is 0 Å². The van der Waals surface area contributed by atoms with Crippen molar-refractivity contribution in [2.75, 3.05) is 11.1 Å². The first-order chi connectivity index (χ1) is 9.12. The predicted octanol–water partition coefficient (Wildman–Crippen LogP) is 4.20. The Labute approximate surface area is 115 Å². The SMILES string of the molecule is CCC(CC)(CC)Nc1ccc2cc(N)ccc2n1. The van der Waals surface area contributed by atoms with Gasteiger partial charge in [-0.15, -0.1) is 0 Å². The molecule has 0 aliphatic carbocycles. The van der Waals surface area contributed by atoms with Crippen LogP contribution in [0.4, 0.5) is 11.5 Å². The summed E-state index contributed by atoms with van der Waals surface area (Å²) in [6, 6.07) is 9.94. The third kappa shape index (κ3) is 2.80. The van der Waals surface area contributed by atoms with E-state index in [2.05, 4.69) is 37.1 Å². The number of nitrogens with one attached hydrogen (secondary N) is 1. The molecule has 0 fully saturated rings. The molecule has 19 heavy (non-hydrogen) atoms. The van der Waals surface area contributed by atoms with Gasteiger partial charge in [-0.1, -0.05) is 20.8 Å². The lowest BCUT2D eigenvalue weighted by Gasteiger charge is -2.32. The van der Waals surface area contributed by atoms with Crippen LogP contribution in [0.1, 0.15) is 40.0 Å². The summed E-state index contributed by atoms with van der Waals surface area (Å²) in [6.07, 6.45) is 3.30. The second-order valence-corrected chi connectivity index (χ2v) is 5.11. The van der Waals surface area contributed by atoms with Gasteiger partial charge in [0, 0.05) is 16.6 Å². The molecule has 3 nitrogen and oxygen atoms in total. The number of pyridine rings is 1. The van der Waals surface area contributed by atoms with Gasteiger partial charge in [0.05, 0.1) is 5.52 Å². The van der Waals surface area contributed by atoms with Crippen LogP contribution in [0.15, 0.2) is 30.3 Å². The highest BCUT2D eigenvalue weighted by Gasteiger charge is 2.23. The Morgan fingerprint density at radius 1 is 1.05 bits per heavy atom. The fourth-order valence-corrected chi connectivity index (χ4v) is 2.50. The van der Waals surface area contributed by atoms with Crippen molar-refractivity contribution < 1.29 is 0 Å². The van der Waals surface area contributed by atoms with E-state index in [0.717, 1.165) is 41.7 Å². The molecular weight excluding hydrogens is 234 g/mol. The molecule has 2 rings (SSSR count). The van der Waals surface area contributed by atoms with Gasteiger partial charge in [-0.05, 0) is 49.6 Å². The zero-order valence-corrected chi connectivity index (χ0v) is 12.0. The largest absolute Gasteiger partial charge is 0.399 e. The second kappa shape index (κ2) is 5.47. The van der Waals surface area contributed by atoms with Crippen LogP contribution in [0.25, 0.3) is 10.9 Å². The van der Waals surface area contributed by atoms with E-state index < -0.39 is 0 Å². The Hall–Kier alpha value is -1.77. The van der Waals surface area contributed by atoms with Crippen LogP contribution in [0, 0.1) is 0 Å². The average molecular weight is 257 g/mol. The van der Waals surface area contributed by atoms with Gasteiger partial charge < -0.3 is 11.1 Å². The molecule has 0 saturated carbocycles. The molecule has 102 valence electrons. The molecule has 1 aromatic carbocycles. The lowest BCUT2D eigenvalue weighted by atomic mass is 9.90. The van der Waals surface area contributed by atoms with Crippen molar-refractivity contribution in [3.8, 4) is 0 Å². The average Bonchev–Trinajstić information content (AvgIpc) is 2.45. The van der Waals surface area contributed by atoms with Crippen molar-refractivity contribution in [1.82, 2.24) is 4.98 Å². The van der Waals surface area contributed by atoms with Gasteiger partial charge in [-0.25, -0.2) is 4.98 Å². The van der Waals surface area contributed by atoms with Crippen molar-refractivity contribution in [2.24, 2.45) is 0 Å². The van der Waals surface area contributed by atoms with E-state index in [-0.39, 0.29) is 5.54 Å². The molecule has 0 radical (unpaired) electrons. The Morgan fingerprint density at radius 3 is 2.37 bits per heavy atom. The Kier molecular flexibility index (Phi) is 3.93. The number of benzene rings is 1. The lowest BCUT2D eigenvalue weighted by molar-refractivity contribution is 0.419. The molecule has 0 saturated heterocycles. The highest BCUT2D eigenvalue weighted by Crippen LogP contribution is 2.26. The van der Waals surface area contributed by atoms with Crippen molar-refractivity contribution >= 4 is 22.4 Å². The third-order valence-corrected chi connectivity index (χ3v) is 4.14. The van der Waals surface area contributed by atoms with Gasteiger partial charge >= 0.3 is 0 Å². The lowest BCUT2D eigenvalue weighted by Crippen LogP contribution is -2.36. The fraction of sp³-hybridized carbons (Fsp3) is 0.438. The van der Waals surface area contributed by atoms with Gasteiger partial charge in [0.25, 0.3) is 0 Å². The quantitative estimate of drug-likeness (QED) is 0.789. The number of nitrogens with zero attached hydrogens (tertiary/aromatic N) is 1. The summed E-state index contributed by atoms with van der Waals surface area (Å²) < 4.78 is 0. The Bertz CT molecular complexity index is 551. The van der Waals surface area contributed by atoms with Crippen LogP contribution >= 0.6 is 0 Å². The summed E-state index contributed by atoms with van der Waals surface area (Å²) >= 11 is 0. The first kappa shape index (κ1) is 13.7. The number of aromatic nitrogens is 1. The monoisotopic (exact) mass is 257 g/mol. The number of nitrogens with two attached hydrogens (primary N) is 1. The molecular formula is C16H23N3. The molecule has 0 bridgehead atoms. The van der Waals surface area contributed by atoms with Crippen LogP contribution in [0.5, 0.6) is 0 Å². The summed E-state index contributed by atoms with van der Waals surface area (Å²) in [6.45, 7) is 6.67. The molecule has 0 spiro atoms. The summed E-state index contributed by atoms with van der Waals surface area (Å²) in [7, 11) is 0. The van der Waals surface area contributed by atoms with Crippen molar-refractivity contribution in [1.29, 1.82) is 0 Å². The van der Waals surface area contributed by atoms with E-state index in [1.807, 2.05) is 24.3 Å². The minimum absolute atomic E-state index is 0.147. The number of hydrogen-bond donors (Lipinski definition) is 2. The molecule has 0 aliphatic rings. The van der Waals surface area contributed by atoms with Crippen LogP contribution < -0.4 is 11.1 Å². The molecule has 0 amide bonds. The van der Waals surface area contributed by atoms with E-state index in [1.54, 1.807) is 0 Å². The first-order valence-electron chi connectivity index (χ1n) is 7.07. The zero-order chi connectivity index (χ0) is 13.9. The number of rotatable bonds is 5. The standard InChI is InChI=1S/C16H23N3/c1-4-16(5-2,6-3)19-15-10-7-12-11-13(17)8-9-14(12)18-15/h7-11H,4-6,17H2,1-3H3,(H,18,19). The topological polar surface area (TPSA) is 50.9 Å². The first-order valence-corrected chi connectivity index (χ1v) is 7.07. The van der Waals surface area contributed by atoms with Crippen LogP contribution in [-0.2, 0) is 0 Å². The maximum atomic E-state index is 5.78. The van der Waals surface area contributed by atoms with Crippen molar-refractivity contribution in [2.45, 2.75) is 45.6 Å². The smallest absolute Gasteiger partial charge is 0.127 e. The molecule has 1 heterocycles. The summed E-state index contributed by atoms with van der Waals surface area (Å²) in [5.41, 5.74) is 7.69. The van der Waals surface area contributed by atoms with E-state index in [1.165, 1.54) is 0 Å². The maximum absolute atomic E-state index is 5.78. The highest BCUT2D eigenvalue weighted by molar-refractivity contribution is 5.83. The van der Waals surface area contributed by atoms with Crippen LogP contribution in [-0.4, -0.2) is 10.5 Å². The number of fused-ring (bicyclic) bond motifs is 1. The van der Waals surface area contributed by atoms with Gasteiger partial charge in [-0.2, -0.15) is 0 Å². The minimum Gasteiger partial charge on any atom is -0.399 e. The van der Waals surface area contributed by atoms with Gasteiger partial charge in [0.1, 0.15) is 5.82 Å². The second-order valence-electron chi connectivity index (χ2n) is 5.11. The summed E-state index contributed by atoms with van der Waals surface area (Å²) in [5, 5.41) is 4.69. The summed E-state index contributed by atoms with van der Waals surface area (Å²) in [5.74, 6) is 0.947. The van der Waals surface area contributed by atoms with Gasteiger partial charge in [0.2, 0.25) is 0 Å². The van der Waals surface area contributed by atoms with Crippen molar-refractivity contribution in [3.63, 3.8) is 0 Å². The van der Waals surface area contributed by atoms with E-state index in [9.17, 15) is 0 Å². The number of hydrogen-bond acceptors (Lipinski definition) is 3. The Balaban J connectivity index is 2.33. The maximum Gasteiger partial charge on any atom is 0.127 e. The molecule has 2 aromatic rings. The van der Waals surface area contributed by atoms with Gasteiger partial charge in [0.15, 0.2) is 0 Å². The molecule has 0 unspecified atom stereocenters. The molecule has 0 aliphatic heterocycles. The van der Waals surface area contributed by atoms with Crippen LogP contribution in [0.3, 0.4) is 0 Å². The normalized spacial score (nSPS) is 11.7. The zero-order valence-electron chi connectivity index (χ0n) is 12.0.